The average Bonchev–Trinajstić information content (AvgIpc) is 2.33. The van der Waals surface area contributed by atoms with Crippen LogP contribution < -0.4 is 10.5 Å². The van der Waals surface area contributed by atoms with Gasteiger partial charge < -0.3 is 15.2 Å². The van der Waals surface area contributed by atoms with Gasteiger partial charge in [0.05, 0.1) is 7.11 Å². The van der Waals surface area contributed by atoms with Crippen molar-refractivity contribution >= 4 is 5.97 Å². The molecular weight excluding hydrogens is 310 g/mol. The van der Waals surface area contributed by atoms with Crippen LogP contribution in [0, 0.1) is 0 Å². The van der Waals surface area contributed by atoms with Crippen molar-refractivity contribution in [2.75, 3.05) is 7.11 Å². The molecule has 5 nitrogen and oxygen atoms in total. The smallest absolute Gasteiger partial charge is 0.464 e. The Bertz CT molecular complexity index is 541. The normalized spacial score (nSPS) is 12.2. The Labute approximate surface area is 113 Å². The molecule has 0 amide bonds. The number of alkyl halides is 6. The van der Waals surface area contributed by atoms with Crippen molar-refractivity contribution in [3.05, 3.63) is 23.0 Å². The number of halogens is 6. The van der Waals surface area contributed by atoms with Gasteiger partial charge in [-0.05, 0) is 0 Å². The first kappa shape index (κ1) is 17.0. The van der Waals surface area contributed by atoms with Gasteiger partial charge in [0.1, 0.15) is 5.75 Å². The molecule has 0 radical (unpaired) electrons. The second-order valence-electron chi connectivity index (χ2n) is 3.57. The minimum absolute atomic E-state index is 0.386. The first-order chi connectivity index (χ1) is 9.49. The van der Waals surface area contributed by atoms with E-state index in [0.29, 0.717) is 6.07 Å². The summed E-state index contributed by atoms with van der Waals surface area (Å²) in [6.45, 7) is -0.922. The minimum Gasteiger partial charge on any atom is -0.464 e. The highest BCUT2D eigenvalue weighted by Gasteiger charge is 2.40. The fraction of sp³-hybridized carbons (Fsp3) is 0.400. The zero-order valence-corrected chi connectivity index (χ0v) is 10.3. The molecule has 1 aromatic rings. The van der Waals surface area contributed by atoms with Crippen LogP contribution in [0.5, 0.6) is 5.75 Å². The lowest BCUT2D eigenvalue weighted by molar-refractivity contribution is -0.275. The molecular formula is C10H8F6N2O3. The van der Waals surface area contributed by atoms with Gasteiger partial charge in [0.25, 0.3) is 0 Å². The van der Waals surface area contributed by atoms with E-state index in [1.807, 2.05) is 0 Å². The quantitative estimate of drug-likeness (QED) is 0.683. The van der Waals surface area contributed by atoms with E-state index in [2.05, 4.69) is 14.5 Å². The third kappa shape index (κ3) is 4.21. The number of hydrogen-bond donors (Lipinski definition) is 1. The number of nitrogens with zero attached hydrogens (tertiary/aromatic N) is 1. The maximum atomic E-state index is 12.8. The van der Waals surface area contributed by atoms with Crippen LogP contribution in [0.3, 0.4) is 0 Å². The van der Waals surface area contributed by atoms with Crippen LogP contribution in [0.25, 0.3) is 0 Å². The number of carbonyl (C=O) groups is 1. The van der Waals surface area contributed by atoms with Crippen molar-refractivity contribution in [2.24, 2.45) is 5.73 Å². The first-order valence-electron chi connectivity index (χ1n) is 5.15. The van der Waals surface area contributed by atoms with Crippen molar-refractivity contribution in [1.82, 2.24) is 4.98 Å². The van der Waals surface area contributed by atoms with E-state index in [1.165, 1.54) is 0 Å². The van der Waals surface area contributed by atoms with Crippen molar-refractivity contribution < 1.29 is 40.6 Å². The predicted molar refractivity (Wildman–Crippen MR) is 55.2 cm³/mol. The van der Waals surface area contributed by atoms with Gasteiger partial charge in [-0.2, -0.15) is 13.2 Å². The van der Waals surface area contributed by atoms with Crippen LogP contribution in [-0.4, -0.2) is 24.4 Å². The van der Waals surface area contributed by atoms with E-state index in [9.17, 15) is 31.1 Å². The van der Waals surface area contributed by atoms with E-state index in [1.54, 1.807) is 0 Å². The number of nitrogens with two attached hydrogens (primary N) is 1. The fourth-order valence-electron chi connectivity index (χ4n) is 1.40. The highest BCUT2D eigenvalue weighted by atomic mass is 19.4. The molecule has 2 N–H and O–H groups in total. The van der Waals surface area contributed by atoms with Gasteiger partial charge in [0, 0.05) is 18.2 Å². The van der Waals surface area contributed by atoms with Crippen LogP contribution in [0.15, 0.2) is 6.07 Å². The summed E-state index contributed by atoms with van der Waals surface area (Å²) >= 11 is 0. The van der Waals surface area contributed by atoms with E-state index >= 15 is 0 Å². The molecule has 0 spiro atoms. The third-order valence-corrected chi connectivity index (χ3v) is 2.18. The Morgan fingerprint density at radius 3 is 2.24 bits per heavy atom. The van der Waals surface area contributed by atoms with E-state index in [4.69, 9.17) is 5.73 Å². The maximum absolute atomic E-state index is 12.8. The van der Waals surface area contributed by atoms with E-state index < -0.39 is 47.8 Å². The number of esters is 1. The van der Waals surface area contributed by atoms with Gasteiger partial charge in [-0.1, -0.05) is 0 Å². The lowest BCUT2D eigenvalue weighted by Crippen LogP contribution is -2.23. The molecule has 0 unspecified atom stereocenters. The van der Waals surface area contributed by atoms with E-state index in [0.717, 1.165) is 7.11 Å². The number of rotatable bonds is 3. The number of ether oxygens (including phenoxy) is 2. The predicted octanol–water partition coefficient (Wildman–Crippen LogP) is 2.24. The molecule has 0 saturated carbocycles. The summed E-state index contributed by atoms with van der Waals surface area (Å²) in [4.78, 5) is 14.1. The Morgan fingerprint density at radius 1 is 1.29 bits per heavy atom. The number of aromatic nitrogens is 1. The zero-order chi connectivity index (χ0) is 16.4. The van der Waals surface area contributed by atoms with Gasteiger partial charge in [0.2, 0.25) is 0 Å². The molecule has 0 aromatic carbocycles. The fourth-order valence-corrected chi connectivity index (χ4v) is 1.40. The monoisotopic (exact) mass is 318 g/mol. The van der Waals surface area contributed by atoms with Crippen LogP contribution in [0.2, 0.25) is 0 Å². The van der Waals surface area contributed by atoms with Crippen LogP contribution in [-0.2, 0) is 17.5 Å². The van der Waals surface area contributed by atoms with E-state index in [-0.39, 0.29) is 0 Å². The SMILES string of the molecule is COC(=O)c1cc(OC(F)(F)F)c(CN)c(C(F)(F)F)n1. The number of carbonyl (C=O) groups excluding carboxylic acids is 1. The Hall–Kier alpha value is -2.04. The lowest BCUT2D eigenvalue weighted by atomic mass is 10.1. The summed E-state index contributed by atoms with van der Waals surface area (Å²) in [7, 11) is 0.832. The van der Waals surface area contributed by atoms with Gasteiger partial charge >= 0.3 is 18.5 Å². The Kier molecular flexibility index (Phi) is 4.66. The molecule has 0 saturated heterocycles. The summed E-state index contributed by atoms with van der Waals surface area (Å²) in [6, 6.07) is 0.386. The van der Waals surface area contributed by atoms with Crippen molar-refractivity contribution in [1.29, 1.82) is 0 Å². The summed E-state index contributed by atoms with van der Waals surface area (Å²) in [5.74, 6) is -2.61. The molecule has 11 heteroatoms. The molecule has 1 aromatic heterocycles. The Balaban J connectivity index is 3.56. The van der Waals surface area contributed by atoms with Crippen LogP contribution >= 0.6 is 0 Å². The third-order valence-electron chi connectivity index (χ3n) is 2.18. The molecule has 1 heterocycles. The first-order valence-corrected chi connectivity index (χ1v) is 5.15. The second kappa shape index (κ2) is 5.76. The van der Waals surface area contributed by atoms with Gasteiger partial charge in [0.15, 0.2) is 11.4 Å². The second-order valence-corrected chi connectivity index (χ2v) is 3.57. The largest absolute Gasteiger partial charge is 0.573 e. The minimum atomic E-state index is -5.26. The topological polar surface area (TPSA) is 74.4 Å². The standard InChI is InChI=1S/C10H8F6N2O3/c1-20-8(19)5-2-6(21-10(14,15)16)4(3-17)7(18-5)9(11,12)13/h2H,3,17H2,1H3. The molecule has 0 atom stereocenters. The molecule has 0 aliphatic rings. The van der Waals surface area contributed by atoms with Crippen LogP contribution in [0.4, 0.5) is 26.3 Å². The van der Waals surface area contributed by atoms with Gasteiger partial charge in [-0.25, -0.2) is 9.78 Å². The average molecular weight is 318 g/mol. The highest BCUT2D eigenvalue weighted by Crippen LogP contribution is 2.37. The number of methoxy groups -OCH3 is 1. The number of pyridine rings is 1. The molecule has 0 aliphatic heterocycles. The maximum Gasteiger partial charge on any atom is 0.573 e. The summed E-state index contributed by atoms with van der Waals surface area (Å²) in [5.41, 5.74) is 1.27. The molecule has 0 fully saturated rings. The summed E-state index contributed by atoms with van der Waals surface area (Å²) < 4.78 is 82.6. The number of hydrogen-bond acceptors (Lipinski definition) is 5. The lowest BCUT2D eigenvalue weighted by Gasteiger charge is -2.17. The molecule has 0 aliphatic carbocycles. The zero-order valence-electron chi connectivity index (χ0n) is 10.3. The van der Waals surface area contributed by atoms with Crippen molar-refractivity contribution in [2.45, 2.75) is 19.1 Å². The molecule has 1 rings (SSSR count). The summed E-state index contributed by atoms with van der Waals surface area (Å²) in [5, 5.41) is 0. The molecule has 118 valence electrons. The molecule has 0 bridgehead atoms. The summed E-state index contributed by atoms with van der Waals surface area (Å²) in [6.07, 6.45) is -10.4. The van der Waals surface area contributed by atoms with Gasteiger partial charge in [-0.15, -0.1) is 13.2 Å². The Morgan fingerprint density at radius 2 is 1.86 bits per heavy atom. The van der Waals surface area contributed by atoms with Crippen molar-refractivity contribution in [3.63, 3.8) is 0 Å². The van der Waals surface area contributed by atoms with Crippen molar-refractivity contribution in [3.8, 4) is 5.75 Å². The van der Waals surface area contributed by atoms with Crippen LogP contribution in [0.1, 0.15) is 21.7 Å². The highest BCUT2D eigenvalue weighted by molar-refractivity contribution is 5.87. The molecule has 21 heavy (non-hydrogen) atoms. The van der Waals surface area contributed by atoms with Gasteiger partial charge in [-0.3, -0.25) is 0 Å².